The number of aromatic nitrogens is 3. The lowest BCUT2D eigenvalue weighted by molar-refractivity contribution is -0.118. The number of primary amides is 1. The van der Waals surface area contributed by atoms with Gasteiger partial charge in [-0.25, -0.2) is 0 Å². The number of aryl methyl sites for hydroxylation is 2. The molecule has 1 atom stereocenters. The predicted molar refractivity (Wildman–Crippen MR) is 112 cm³/mol. The van der Waals surface area contributed by atoms with Crippen molar-refractivity contribution in [1.29, 1.82) is 0 Å². The fourth-order valence-electron chi connectivity index (χ4n) is 3.42. The van der Waals surface area contributed by atoms with Crippen LogP contribution < -0.4 is 5.73 Å². The van der Waals surface area contributed by atoms with Crippen LogP contribution in [0.2, 0.25) is 5.02 Å². The summed E-state index contributed by atoms with van der Waals surface area (Å²) in [4.78, 5) is 17.2. The van der Waals surface area contributed by atoms with Crippen molar-refractivity contribution in [2.24, 2.45) is 10.7 Å². The molecule has 8 heteroatoms. The lowest BCUT2D eigenvalue weighted by Crippen LogP contribution is -2.09. The summed E-state index contributed by atoms with van der Waals surface area (Å²) < 4.78 is 2.08. The second-order valence-corrected chi connectivity index (χ2v) is 8.35. The third-order valence-electron chi connectivity index (χ3n) is 4.74. The number of fused-ring (bicyclic) bond motifs is 3. The Morgan fingerprint density at radius 3 is 2.82 bits per heavy atom. The average Bonchev–Trinajstić information content (AvgIpc) is 3.20. The van der Waals surface area contributed by atoms with Gasteiger partial charge < -0.3 is 5.73 Å². The zero-order valence-electron chi connectivity index (χ0n) is 15.6. The number of amides is 1. The molecule has 0 spiro atoms. The first-order valence-electron chi connectivity index (χ1n) is 9.12. The molecule has 6 nitrogen and oxygen atoms in total. The number of nitrogens with two attached hydrogens (primary N) is 1. The molecule has 4 rings (SSSR count). The molecule has 1 aromatic carbocycles. The molecule has 2 aromatic heterocycles. The highest BCUT2D eigenvalue weighted by Gasteiger charge is 2.28. The second kappa shape index (κ2) is 7.48. The number of hydrogen-bond donors (Lipinski definition) is 1. The molecular formula is C20H20ClN5OS. The van der Waals surface area contributed by atoms with Crippen LogP contribution in [0.3, 0.4) is 0 Å². The first-order chi connectivity index (χ1) is 13.5. The van der Waals surface area contributed by atoms with E-state index in [0.717, 1.165) is 46.3 Å². The number of nitrogens with zero attached hydrogens (tertiary/aromatic N) is 4. The summed E-state index contributed by atoms with van der Waals surface area (Å²) in [6.45, 7) is 3.96. The van der Waals surface area contributed by atoms with Crippen LogP contribution in [0.4, 0.5) is 0 Å². The molecular weight excluding hydrogens is 394 g/mol. The van der Waals surface area contributed by atoms with Gasteiger partial charge in [0.05, 0.1) is 5.71 Å². The van der Waals surface area contributed by atoms with Gasteiger partial charge in [-0.2, -0.15) is 0 Å². The van der Waals surface area contributed by atoms with Gasteiger partial charge in [0.15, 0.2) is 5.82 Å². The molecule has 2 N–H and O–H groups in total. The van der Waals surface area contributed by atoms with Crippen LogP contribution in [0.15, 0.2) is 35.3 Å². The number of rotatable bonds is 5. The molecule has 1 unspecified atom stereocenters. The van der Waals surface area contributed by atoms with E-state index in [1.807, 2.05) is 38.1 Å². The van der Waals surface area contributed by atoms with Gasteiger partial charge in [-0.3, -0.25) is 14.4 Å². The second-order valence-electron chi connectivity index (χ2n) is 6.83. The number of hydrogen-bond acceptors (Lipinski definition) is 5. The first kappa shape index (κ1) is 18.8. The zero-order valence-corrected chi connectivity index (χ0v) is 17.2. The van der Waals surface area contributed by atoms with E-state index in [1.54, 1.807) is 11.3 Å². The van der Waals surface area contributed by atoms with Gasteiger partial charge in [0.2, 0.25) is 5.91 Å². The molecule has 1 aliphatic heterocycles. The van der Waals surface area contributed by atoms with E-state index in [4.69, 9.17) is 22.3 Å². The molecule has 0 bridgehead atoms. The van der Waals surface area contributed by atoms with E-state index < -0.39 is 0 Å². The van der Waals surface area contributed by atoms with E-state index in [9.17, 15) is 4.79 Å². The summed E-state index contributed by atoms with van der Waals surface area (Å²) in [5, 5.41) is 10.3. The maximum absolute atomic E-state index is 11.1. The minimum Gasteiger partial charge on any atom is -0.370 e. The number of benzene rings is 1. The maximum atomic E-state index is 11.1. The minimum atomic E-state index is -0.276. The Bertz CT molecular complexity index is 1080. The molecule has 1 aliphatic rings. The third-order valence-corrected chi connectivity index (χ3v) is 6.25. The van der Waals surface area contributed by atoms with Crippen LogP contribution in [0.5, 0.6) is 0 Å². The number of carbonyl (C=O) groups excluding carboxylic acids is 1. The molecule has 0 saturated carbocycles. The Labute approximate surface area is 172 Å². The van der Waals surface area contributed by atoms with Gasteiger partial charge >= 0.3 is 0 Å². The highest BCUT2D eigenvalue weighted by Crippen LogP contribution is 2.37. The van der Waals surface area contributed by atoms with Crippen molar-refractivity contribution in [3.63, 3.8) is 0 Å². The summed E-state index contributed by atoms with van der Waals surface area (Å²) in [5.41, 5.74) is 8.05. The minimum absolute atomic E-state index is 0.148. The predicted octanol–water partition coefficient (Wildman–Crippen LogP) is 4.01. The summed E-state index contributed by atoms with van der Waals surface area (Å²) in [5.74, 6) is 1.36. The van der Waals surface area contributed by atoms with Crippen LogP contribution in [-0.4, -0.2) is 26.4 Å². The Hall–Kier alpha value is -2.51. The van der Waals surface area contributed by atoms with E-state index >= 15 is 0 Å². The molecule has 1 amide bonds. The van der Waals surface area contributed by atoms with E-state index in [1.165, 1.54) is 4.88 Å². The highest BCUT2D eigenvalue weighted by atomic mass is 35.5. The van der Waals surface area contributed by atoms with Gasteiger partial charge in [-0.05, 0) is 38.8 Å². The highest BCUT2D eigenvalue weighted by molar-refractivity contribution is 7.15. The largest absolute Gasteiger partial charge is 0.370 e. The van der Waals surface area contributed by atoms with Crippen molar-refractivity contribution in [3.05, 3.63) is 63.0 Å². The number of aliphatic imine (C=N–C) groups is 1. The summed E-state index contributed by atoms with van der Waals surface area (Å²) in [6.07, 6.45) is 1.88. The van der Waals surface area contributed by atoms with Crippen LogP contribution >= 0.6 is 22.9 Å². The third kappa shape index (κ3) is 3.36. The fourth-order valence-corrected chi connectivity index (χ4v) is 4.90. The van der Waals surface area contributed by atoms with Crippen molar-refractivity contribution in [1.82, 2.24) is 14.8 Å². The van der Waals surface area contributed by atoms with Crippen LogP contribution in [0.25, 0.3) is 5.00 Å². The van der Waals surface area contributed by atoms with Crippen molar-refractivity contribution < 1.29 is 4.79 Å². The SMILES string of the molecule is Cc1nnc2n1-c1sc(CCCC(N)=O)cc1C(c1ccccc1Cl)=NC2C. The quantitative estimate of drug-likeness (QED) is 0.685. The maximum Gasteiger partial charge on any atom is 0.217 e. The molecule has 0 aliphatic carbocycles. The lowest BCUT2D eigenvalue weighted by atomic mass is 10.0. The monoisotopic (exact) mass is 413 g/mol. The van der Waals surface area contributed by atoms with Gasteiger partial charge in [-0.1, -0.05) is 29.8 Å². The topological polar surface area (TPSA) is 86.2 Å². The molecule has 144 valence electrons. The zero-order chi connectivity index (χ0) is 19.8. The normalized spacial score (nSPS) is 15.5. The molecule has 3 heterocycles. The van der Waals surface area contributed by atoms with Crippen molar-refractivity contribution in [3.8, 4) is 5.00 Å². The van der Waals surface area contributed by atoms with Crippen LogP contribution in [-0.2, 0) is 11.2 Å². The Kier molecular flexibility index (Phi) is 5.03. The van der Waals surface area contributed by atoms with E-state index in [2.05, 4.69) is 20.8 Å². The van der Waals surface area contributed by atoms with Crippen molar-refractivity contribution in [2.75, 3.05) is 0 Å². The Morgan fingerprint density at radius 1 is 1.29 bits per heavy atom. The fraction of sp³-hybridized carbons (Fsp3) is 0.300. The Balaban J connectivity index is 1.86. The average molecular weight is 414 g/mol. The van der Waals surface area contributed by atoms with Crippen molar-refractivity contribution >= 4 is 34.6 Å². The first-order valence-corrected chi connectivity index (χ1v) is 10.3. The van der Waals surface area contributed by atoms with Gasteiger partial charge in [-0.15, -0.1) is 21.5 Å². The van der Waals surface area contributed by atoms with Crippen molar-refractivity contribution in [2.45, 2.75) is 39.2 Å². The smallest absolute Gasteiger partial charge is 0.217 e. The summed E-state index contributed by atoms with van der Waals surface area (Å²) in [7, 11) is 0. The Morgan fingerprint density at radius 2 is 2.07 bits per heavy atom. The number of thiophene rings is 1. The standard InChI is InChI=1S/C20H20ClN5OS/c1-11-19-25-24-12(2)26(19)20-15(10-13(28-20)6-5-9-17(22)27)18(23-11)14-7-3-4-8-16(14)21/h3-4,7-8,10-11H,5-6,9H2,1-2H3,(H2,22,27). The molecule has 3 aromatic rings. The van der Waals surface area contributed by atoms with Gasteiger partial charge in [0, 0.05) is 27.4 Å². The molecule has 28 heavy (non-hydrogen) atoms. The number of carbonyl (C=O) groups is 1. The number of halogens is 1. The molecule has 0 saturated heterocycles. The van der Waals surface area contributed by atoms with Crippen LogP contribution in [0.1, 0.15) is 53.5 Å². The van der Waals surface area contributed by atoms with Gasteiger partial charge in [0.25, 0.3) is 0 Å². The summed E-state index contributed by atoms with van der Waals surface area (Å²) >= 11 is 8.18. The molecule has 0 radical (unpaired) electrons. The molecule has 0 fully saturated rings. The van der Waals surface area contributed by atoms with Gasteiger partial charge in [0.1, 0.15) is 16.9 Å². The summed E-state index contributed by atoms with van der Waals surface area (Å²) in [6, 6.07) is 9.73. The van der Waals surface area contributed by atoms with E-state index in [0.29, 0.717) is 11.4 Å². The van der Waals surface area contributed by atoms with Crippen LogP contribution in [0, 0.1) is 6.92 Å². The van der Waals surface area contributed by atoms with E-state index in [-0.39, 0.29) is 11.9 Å². The lowest BCUT2D eigenvalue weighted by Gasteiger charge is -2.09.